The van der Waals surface area contributed by atoms with Crippen LogP contribution in [0.25, 0.3) is 0 Å². The van der Waals surface area contributed by atoms with E-state index >= 15 is 0 Å². The van der Waals surface area contributed by atoms with Gasteiger partial charge in [0.25, 0.3) is 0 Å². The van der Waals surface area contributed by atoms with E-state index < -0.39 is 0 Å². The number of anilines is 1. The highest BCUT2D eigenvalue weighted by atomic mass is 15.2. The Balaban J connectivity index is 2.15. The zero-order valence-corrected chi connectivity index (χ0v) is 13.4. The second-order valence-electron chi connectivity index (χ2n) is 6.39. The highest BCUT2D eigenvalue weighted by molar-refractivity contribution is 5.55. The summed E-state index contributed by atoms with van der Waals surface area (Å²) in [6.07, 6.45) is 7.44. The normalized spacial score (nSPS) is 21.6. The van der Waals surface area contributed by atoms with Gasteiger partial charge in [-0.25, -0.2) is 0 Å². The fourth-order valence-electron chi connectivity index (χ4n) is 3.25. The Kier molecular flexibility index (Phi) is 5.47. The topological polar surface area (TPSA) is 29.3 Å². The lowest BCUT2D eigenvalue weighted by atomic mass is 10.0. The summed E-state index contributed by atoms with van der Waals surface area (Å²) in [5.41, 5.74) is 10.3. The van der Waals surface area contributed by atoms with Crippen LogP contribution in [0.5, 0.6) is 0 Å². The first-order chi connectivity index (χ1) is 9.61. The van der Waals surface area contributed by atoms with Crippen molar-refractivity contribution < 1.29 is 0 Å². The fourth-order valence-corrected chi connectivity index (χ4v) is 3.25. The first kappa shape index (κ1) is 15.4. The summed E-state index contributed by atoms with van der Waals surface area (Å²) in [7, 11) is 0. The lowest BCUT2D eigenvalue weighted by Gasteiger charge is -2.31. The number of benzene rings is 1. The van der Waals surface area contributed by atoms with Gasteiger partial charge >= 0.3 is 0 Å². The van der Waals surface area contributed by atoms with E-state index in [9.17, 15) is 0 Å². The molecule has 0 saturated carbocycles. The van der Waals surface area contributed by atoms with Crippen LogP contribution in [-0.2, 0) is 6.42 Å². The largest absolute Gasteiger partial charge is 0.369 e. The molecule has 0 aliphatic carbocycles. The van der Waals surface area contributed by atoms with E-state index in [-0.39, 0.29) is 6.04 Å². The quantitative estimate of drug-likeness (QED) is 0.897. The number of nitrogens with zero attached hydrogens (tertiary/aromatic N) is 1. The van der Waals surface area contributed by atoms with Crippen LogP contribution < -0.4 is 10.6 Å². The molecule has 1 aromatic rings. The standard InChI is InChI=1S/C18H30N2/c1-4-17(19)13-16-9-10-18(14(2)12-16)20-11-7-5-6-8-15(20)3/h9-10,12,15,17H,4-8,11,13,19H2,1-3H3. The Morgan fingerprint density at radius 3 is 2.80 bits per heavy atom. The van der Waals surface area contributed by atoms with E-state index in [1.165, 1.54) is 49.0 Å². The van der Waals surface area contributed by atoms with Crippen molar-refractivity contribution in [1.29, 1.82) is 0 Å². The molecule has 2 nitrogen and oxygen atoms in total. The van der Waals surface area contributed by atoms with E-state index in [4.69, 9.17) is 5.73 Å². The molecule has 1 heterocycles. The minimum atomic E-state index is 0.289. The molecule has 1 saturated heterocycles. The molecule has 112 valence electrons. The van der Waals surface area contributed by atoms with Gasteiger partial charge in [-0.3, -0.25) is 0 Å². The van der Waals surface area contributed by atoms with Crippen LogP contribution in [0.3, 0.4) is 0 Å². The Morgan fingerprint density at radius 2 is 2.10 bits per heavy atom. The maximum absolute atomic E-state index is 6.07. The highest BCUT2D eigenvalue weighted by Crippen LogP contribution is 2.28. The van der Waals surface area contributed by atoms with Gasteiger partial charge in [0.2, 0.25) is 0 Å². The van der Waals surface area contributed by atoms with Gasteiger partial charge in [0.05, 0.1) is 0 Å². The van der Waals surface area contributed by atoms with E-state index in [1.54, 1.807) is 0 Å². The van der Waals surface area contributed by atoms with Crippen LogP contribution in [0.2, 0.25) is 0 Å². The van der Waals surface area contributed by atoms with Crippen LogP contribution in [0.1, 0.15) is 57.1 Å². The summed E-state index contributed by atoms with van der Waals surface area (Å²) in [6, 6.07) is 7.88. The first-order valence-electron chi connectivity index (χ1n) is 8.23. The number of nitrogens with two attached hydrogens (primary N) is 1. The molecular weight excluding hydrogens is 244 g/mol. The molecule has 0 spiro atoms. The van der Waals surface area contributed by atoms with Crippen LogP contribution in [-0.4, -0.2) is 18.6 Å². The SMILES string of the molecule is CCC(N)Cc1ccc(N2CCCCCC2C)c(C)c1. The number of hydrogen-bond acceptors (Lipinski definition) is 2. The molecular formula is C18H30N2. The smallest absolute Gasteiger partial charge is 0.0398 e. The molecule has 20 heavy (non-hydrogen) atoms. The summed E-state index contributed by atoms with van der Waals surface area (Å²) in [5, 5.41) is 0. The van der Waals surface area contributed by atoms with Gasteiger partial charge in [-0.05, 0) is 56.7 Å². The molecule has 2 N–H and O–H groups in total. The zero-order valence-electron chi connectivity index (χ0n) is 13.4. The minimum absolute atomic E-state index is 0.289. The maximum Gasteiger partial charge on any atom is 0.0398 e. The van der Waals surface area contributed by atoms with E-state index in [0.29, 0.717) is 6.04 Å². The Hall–Kier alpha value is -1.02. The lowest BCUT2D eigenvalue weighted by molar-refractivity contribution is 0.614. The molecule has 1 aliphatic rings. The maximum atomic E-state index is 6.07. The van der Waals surface area contributed by atoms with Crippen molar-refractivity contribution in [2.45, 2.75) is 71.4 Å². The Morgan fingerprint density at radius 1 is 1.30 bits per heavy atom. The fraction of sp³-hybridized carbons (Fsp3) is 0.667. The molecule has 1 aliphatic heterocycles. The summed E-state index contributed by atoms with van der Waals surface area (Å²) in [6.45, 7) is 7.97. The predicted molar refractivity (Wildman–Crippen MR) is 88.4 cm³/mol. The molecule has 0 amide bonds. The summed E-state index contributed by atoms with van der Waals surface area (Å²) >= 11 is 0. The van der Waals surface area contributed by atoms with Crippen LogP contribution in [0, 0.1) is 6.92 Å². The monoisotopic (exact) mass is 274 g/mol. The van der Waals surface area contributed by atoms with Gasteiger partial charge in [0, 0.05) is 24.3 Å². The third-order valence-corrected chi connectivity index (χ3v) is 4.65. The third-order valence-electron chi connectivity index (χ3n) is 4.65. The molecule has 1 aromatic carbocycles. The summed E-state index contributed by atoms with van der Waals surface area (Å²) in [4.78, 5) is 2.60. The lowest BCUT2D eigenvalue weighted by Crippen LogP contribution is -2.33. The van der Waals surface area contributed by atoms with Crippen LogP contribution >= 0.6 is 0 Å². The van der Waals surface area contributed by atoms with Crippen LogP contribution in [0.15, 0.2) is 18.2 Å². The molecule has 1 fully saturated rings. The van der Waals surface area contributed by atoms with Crippen molar-refractivity contribution in [2.24, 2.45) is 5.73 Å². The van der Waals surface area contributed by atoms with E-state index in [1.807, 2.05) is 0 Å². The molecule has 0 radical (unpaired) electrons. The van der Waals surface area contributed by atoms with E-state index in [2.05, 4.69) is 43.9 Å². The van der Waals surface area contributed by atoms with Gasteiger partial charge in [-0.15, -0.1) is 0 Å². The average molecular weight is 274 g/mol. The van der Waals surface area contributed by atoms with Crippen LogP contribution in [0.4, 0.5) is 5.69 Å². The van der Waals surface area contributed by atoms with Crippen molar-refractivity contribution in [3.8, 4) is 0 Å². The Labute approximate surface area is 124 Å². The van der Waals surface area contributed by atoms with Gasteiger partial charge in [0.15, 0.2) is 0 Å². The summed E-state index contributed by atoms with van der Waals surface area (Å²) < 4.78 is 0. The molecule has 0 bridgehead atoms. The van der Waals surface area contributed by atoms with Gasteiger partial charge in [0.1, 0.15) is 0 Å². The minimum Gasteiger partial charge on any atom is -0.369 e. The predicted octanol–water partition coefficient (Wildman–Crippen LogP) is 4.04. The molecule has 2 atom stereocenters. The second kappa shape index (κ2) is 7.12. The van der Waals surface area contributed by atoms with Crippen molar-refractivity contribution in [1.82, 2.24) is 0 Å². The molecule has 2 rings (SSSR count). The number of rotatable bonds is 4. The number of hydrogen-bond donors (Lipinski definition) is 1. The number of aryl methyl sites for hydroxylation is 1. The molecule has 2 heteroatoms. The zero-order chi connectivity index (χ0) is 14.5. The van der Waals surface area contributed by atoms with Gasteiger partial charge < -0.3 is 10.6 Å². The Bertz CT molecular complexity index is 427. The summed E-state index contributed by atoms with van der Waals surface area (Å²) in [5.74, 6) is 0. The molecule has 0 aromatic heterocycles. The average Bonchev–Trinajstić information content (AvgIpc) is 2.64. The van der Waals surface area contributed by atoms with Crippen molar-refractivity contribution in [3.63, 3.8) is 0 Å². The second-order valence-corrected chi connectivity index (χ2v) is 6.39. The first-order valence-corrected chi connectivity index (χ1v) is 8.23. The van der Waals surface area contributed by atoms with Crippen molar-refractivity contribution in [3.05, 3.63) is 29.3 Å². The molecule has 2 unspecified atom stereocenters. The van der Waals surface area contributed by atoms with Crippen molar-refractivity contribution in [2.75, 3.05) is 11.4 Å². The highest BCUT2D eigenvalue weighted by Gasteiger charge is 2.18. The van der Waals surface area contributed by atoms with E-state index in [0.717, 1.165) is 12.8 Å². The van der Waals surface area contributed by atoms with Gasteiger partial charge in [-0.2, -0.15) is 0 Å². The van der Waals surface area contributed by atoms with Crippen molar-refractivity contribution >= 4 is 5.69 Å². The van der Waals surface area contributed by atoms with Gasteiger partial charge in [-0.1, -0.05) is 31.9 Å². The third kappa shape index (κ3) is 3.76.